The van der Waals surface area contributed by atoms with Gasteiger partial charge in [-0.05, 0) is 12.1 Å². The fraction of sp³-hybridized carbons (Fsp3) is 0.400. The predicted octanol–water partition coefficient (Wildman–Crippen LogP) is 2.88. The topological polar surface area (TPSA) is 6.48 Å². The summed E-state index contributed by atoms with van der Waals surface area (Å²) in [4.78, 5) is 4.33. The van der Waals surface area contributed by atoms with E-state index in [1.54, 1.807) is 6.07 Å². The van der Waals surface area contributed by atoms with Crippen molar-refractivity contribution in [2.75, 3.05) is 37.0 Å². The SMILES string of the molecule is CN1CCN(C)c2c(Cl)cc(Cl)cc21. The molecule has 0 aromatic heterocycles. The summed E-state index contributed by atoms with van der Waals surface area (Å²) >= 11 is 12.1. The molecule has 0 aliphatic carbocycles. The van der Waals surface area contributed by atoms with Gasteiger partial charge in [0.2, 0.25) is 0 Å². The van der Waals surface area contributed by atoms with E-state index < -0.39 is 0 Å². The fourth-order valence-electron chi connectivity index (χ4n) is 1.75. The number of rotatable bonds is 0. The van der Waals surface area contributed by atoms with E-state index in [1.807, 2.05) is 13.1 Å². The normalized spacial score (nSPS) is 15.7. The zero-order valence-electron chi connectivity index (χ0n) is 8.22. The lowest BCUT2D eigenvalue weighted by Crippen LogP contribution is -2.36. The van der Waals surface area contributed by atoms with E-state index in [0.29, 0.717) is 5.02 Å². The second kappa shape index (κ2) is 3.52. The number of hydrogen-bond donors (Lipinski definition) is 0. The van der Waals surface area contributed by atoms with E-state index in [0.717, 1.165) is 29.5 Å². The first-order valence-corrected chi connectivity index (χ1v) is 5.26. The second-order valence-corrected chi connectivity index (χ2v) is 4.44. The van der Waals surface area contributed by atoms with Gasteiger partial charge in [-0.1, -0.05) is 23.2 Å². The van der Waals surface area contributed by atoms with Crippen LogP contribution in [0.15, 0.2) is 12.1 Å². The van der Waals surface area contributed by atoms with E-state index in [-0.39, 0.29) is 0 Å². The zero-order valence-corrected chi connectivity index (χ0v) is 9.73. The molecule has 0 saturated heterocycles. The highest BCUT2D eigenvalue weighted by atomic mass is 35.5. The minimum Gasteiger partial charge on any atom is -0.371 e. The molecule has 0 N–H and O–H groups in total. The summed E-state index contributed by atoms with van der Waals surface area (Å²) in [6.07, 6.45) is 0. The molecule has 1 aromatic carbocycles. The van der Waals surface area contributed by atoms with Gasteiger partial charge in [-0.3, -0.25) is 0 Å². The zero-order chi connectivity index (χ0) is 10.3. The number of fused-ring (bicyclic) bond motifs is 1. The smallest absolute Gasteiger partial charge is 0.0792 e. The first-order chi connectivity index (χ1) is 6.59. The molecule has 0 saturated carbocycles. The molecule has 14 heavy (non-hydrogen) atoms. The molecule has 0 bridgehead atoms. The van der Waals surface area contributed by atoms with Crippen LogP contribution in [-0.2, 0) is 0 Å². The summed E-state index contributed by atoms with van der Waals surface area (Å²) in [5, 5.41) is 1.41. The van der Waals surface area contributed by atoms with Gasteiger partial charge >= 0.3 is 0 Å². The lowest BCUT2D eigenvalue weighted by atomic mass is 10.2. The number of halogens is 2. The van der Waals surface area contributed by atoms with Crippen LogP contribution in [0.25, 0.3) is 0 Å². The Morgan fingerprint density at radius 2 is 1.71 bits per heavy atom. The third-order valence-corrected chi connectivity index (χ3v) is 3.08. The molecule has 1 aromatic rings. The first-order valence-electron chi connectivity index (χ1n) is 4.51. The highest BCUT2D eigenvalue weighted by Crippen LogP contribution is 2.39. The quantitative estimate of drug-likeness (QED) is 0.677. The van der Waals surface area contributed by atoms with Crippen LogP contribution in [0.3, 0.4) is 0 Å². The van der Waals surface area contributed by atoms with Crippen molar-refractivity contribution in [3.8, 4) is 0 Å². The molecule has 4 heteroatoms. The van der Waals surface area contributed by atoms with Crippen molar-refractivity contribution < 1.29 is 0 Å². The van der Waals surface area contributed by atoms with Gasteiger partial charge in [0.1, 0.15) is 0 Å². The maximum Gasteiger partial charge on any atom is 0.0792 e. The van der Waals surface area contributed by atoms with Crippen molar-refractivity contribution in [2.45, 2.75) is 0 Å². The van der Waals surface area contributed by atoms with E-state index >= 15 is 0 Å². The molecular weight excluding hydrogens is 219 g/mol. The molecule has 2 rings (SSSR count). The van der Waals surface area contributed by atoms with Crippen LogP contribution in [0.1, 0.15) is 0 Å². The van der Waals surface area contributed by atoms with Gasteiger partial charge in [-0.25, -0.2) is 0 Å². The monoisotopic (exact) mass is 230 g/mol. The van der Waals surface area contributed by atoms with Crippen molar-refractivity contribution in [2.24, 2.45) is 0 Å². The van der Waals surface area contributed by atoms with Gasteiger partial charge in [-0.2, -0.15) is 0 Å². The van der Waals surface area contributed by atoms with Crippen molar-refractivity contribution in [3.63, 3.8) is 0 Å². The number of hydrogen-bond acceptors (Lipinski definition) is 2. The molecule has 76 valence electrons. The van der Waals surface area contributed by atoms with E-state index in [2.05, 4.69) is 16.8 Å². The molecule has 0 atom stereocenters. The second-order valence-electron chi connectivity index (χ2n) is 3.60. The minimum absolute atomic E-state index is 0.691. The van der Waals surface area contributed by atoms with Crippen molar-refractivity contribution in [1.82, 2.24) is 0 Å². The highest BCUT2D eigenvalue weighted by Gasteiger charge is 2.20. The number of anilines is 2. The van der Waals surface area contributed by atoms with E-state index in [4.69, 9.17) is 23.2 Å². The van der Waals surface area contributed by atoms with Gasteiger partial charge in [-0.15, -0.1) is 0 Å². The highest BCUT2D eigenvalue weighted by molar-refractivity contribution is 6.37. The van der Waals surface area contributed by atoms with E-state index in [1.165, 1.54) is 0 Å². The average molecular weight is 231 g/mol. The van der Waals surface area contributed by atoms with Crippen LogP contribution in [0.5, 0.6) is 0 Å². The Balaban J connectivity index is 2.60. The van der Waals surface area contributed by atoms with Crippen LogP contribution in [-0.4, -0.2) is 27.2 Å². The summed E-state index contributed by atoms with van der Waals surface area (Å²) in [5.74, 6) is 0. The fourth-order valence-corrected chi connectivity index (χ4v) is 2.38. The lowest BCUT2D eigenvalue weighted by molar-refractivity contribution is 0.798. The van der Waals surface area contributed by atoms with Crippen molar-refractivity contribution in [3.05, 3.63) is 22.2 Å². The van der Waals surface area contributed by atoms with Gasteiger partial charge in [0.15, 0.2) is 0 Å². The third-order valence-electron chi connectivity index (χ3n) is 2.57. The number of benzene rings is 1. The molecule has 0 radical (unpaired) electrons. The summed E-state index contributed by atoms with van der Waals surface area (Å²) in [5.41, 5.74) is 2.18. The molecule has 0 unspecified atom stereocenters. The minimum atomic E-state index is 0.691. The number of likely N-dealkylation sites (N-methyl/N-ethyl adjacent to an activating group) is 2. The summed E-state index contributed by atoms with van der Waals surface area (Å²) in [6, 6.07) is 3.75. The summed E-state index contributed by atoms with van der Waals surface area (Å²) in [7, 11) is 4.10. The Morgan fingerprint density at radius 3 is 2.43 bits per heavy atom. The summed E-state index contributed by atoms with van der Waals surface area (Å²) in [6.45, 7) is 1.99. The Hall–Kier alpha value is -0.600. The lowest BCUT2D eigenvalue weighted by Gasteiger charge is -2.35. The molecule has 0 amide bonds. The summed E-state index contributed by atoms with van der Waals surface area (Å²) < 4.78 is 0. The Morgan fingerprint density at radius 1 is 1.07 bits per heavy atom. The molecule has 2 nitrogen and oxygen atoms in total. The Kier molecular flexibility index (Phi) is 2.50. The van der Waals surface area contributed by atoms with Crippen LogP contribution < -0.4 is 9.80 Å². The van der Waals surface area contributed by atoms with Gasteiger partial charge in [0, 0.05) is 32.2 Å². The van der Waals surface area contributed by atoms with Gasteiger partial charge in [0.05, 0.1) is 16.4 Å². The maximum absolute atomic E-state index is 6.15. The Labute approximate surface area is 94.0 Å². The molecule has 0 fully saturated rings. The number of nitrogens with zero attached hydrogens (tertiary/aromatic N) is 2. The molecule has 0 spiro atoms. The largest absolute Gasteiger partial charge is 0.371 e. The van der Waals surface area contributed by atoms with Crippen LogP contribution in [0.2, 0.25) is 10.0 Å². The van der Waals surface area contributed by atoms with Gasteiger partial charge in [0.25, 0.3) is 0 Å². The van der Waals surface area contributed by atoms with Crippen LogP contribution >= 0.6 is 23.2 Å². The van der Waals surface area contributed by atoms with Crippen molar-refractivity contribution in [1.29, 1.82) is 0 Å². The molecule has 1 aliphatic heterocycles. The van der Waals surface area contributed by atoms with E-state index in [9.17, 15) is 0 Å². The molecule has 1 heterocycles. The average Bonchev–Trinajstić information content (AvgIpc) is 2.10. The maximum atomic E-state index is 6.15. The Bertz CT molecular complexity index is 365. The standard InChI is InChI=1S/C10H12Cl2N2/c1-13-3-4-14(2)10-8(12)5-7(11)6-9(10)13/h5-6H,3-4H2,1-2H3. The van der Waals surface area contributed by atoms with Crippen LogP contribution in [0, 0.1) is 0 Å². The van der Waals surface area contributed by atoms with Crippen molar-refractivity contribution >= 4 is 34.6 Å². The predicted molar refractivity (Wildman–Crippen MR) is 63.0 cm³/mol. The van der Waals surface area contributed by atoms with Crippen LogP contribution in [0.4, 0.5) is 11.4 Å². The molecular formula is C10H12Cl2N2. The first kappa shape index (κ1) is 9.94. The molecule has 1 aliphatic rings. The van der Waals surface area contributed by atoms with Gasteiger partial charge < -0.3 is 9.80 Å². The third kappa shape index (κ3) is 1.53.